The van der Waals surface area contributed by atoms with Crippen LogP contribution in [0.15, 0.2) is 47.4 Å². The van der Waals surface area contributed by atoms with Crippen molar-refractivity contribution in [3.05, 3.63) is 58.6 Å². The number of benzene rings is 1. The molecular weight excluding hydrogens is 382 g/mol. The van der Waals surface area contributed by atoms with Crippen LogP contribution in [0, 0.1) is 0 Å². The number of hydrogen-bond donors (Lipinski definition) is 3. The number of ether oxygens (including phenoxy) is 3. The van der Waals surface area contributed by atoms with Crippen molar-refractivity contribution in [1.29, 1.82) is 0 Å². The molecule has 4 atom stereocenters. The molecular formula is C19H23N3O7. The molecule has 1 aliphatic rings. The minimum atomic E-state index is -1.13. The number of nitrogens with zero attached hydrogens (tertiary/aromatic N) is 2. The molecule has 10 heteroatoms. The fourth-order valence-electron chi connectivity index (χ4n) is 2.99. The summed E-state index contributed by atoms with van der Waals surface area (Å²) in [6, 6.07) is 9.96. The Bertz CT molecular complexity index is 874. The maximum atomic E-state index is 12.5. The molecule has 1 amide bonds. The maximum Gasteiger partial charge on any atom is 0.351 e. The highest BCUT2D eigenvalue weighted by Gasteiger charge is 2.45. The van der Waals surface area contributed by atoms with Gasteiger partial charge in [0.05, 0.1) is 19.8 Å². The number of amides is 1. The zero-order valence-electron chi connectivity index (χ0n) is 15.8. The molecule has 1 fully saturated rings. The highest BCUT2D eigenvalue weighted by atomic mass is 16.6. The number of rotatable bonds is 8. The van der Waals surface area contributed by atoms with Gasteiger partial charge in [-0.1, -0.05) is 18.2 Å². The van der Waals surface area contributed by atoms with Crippen LogP contribution in [0.4, 0.5) is 5.82 Å². The van der Waals surface area contributed by atoms with Crippen LogP contribution >= 0.6 is 0 Å². The summed E-state index contributed by atoms with van der Waals surface area (Å²) < 4.78 is 17.3. The summed E-state index contributed by atoms with van der Waals surface area (Å²) >= 11 is 0. The fraction of sp³-hybridized carbons (Fsp3) is 0.421. The molecule has 156 valence electrons. The molecule has 0 bridgehead atoms. The Hall–Kier alpha value is -2.63. The zero-order valence-corrected chi connectivity index (χ0v) is 15.8. The van der Waals surface area contributed by atoms with Gasteiger partial charge in [-0.15, -0.1) is 0 Å². The number of nitrogens with one attached hydrogen (secondary N) is 1. The summed E-state index contributed by atoms with van der Waals surface area (Å²) in [7, 11) is 1.51. The van der Waals surface area contributed by atoms with Crippen molar-refractivity contribution in [3.8, 4) is 0 Å². The van der Waals surface area contributed by atoms with Crippen LogP contribution < -0.4 is 11.0 Å². The molecule has 0 unspecified atom stereocenters. The largest absolute Gasteiger partial charge is 0.394 e. The van der Waals surface area contributed by atoms with Gasteiger partial charge in [-0.3, -0.25) is 9.36 Å². The van der Waals surface area contributed by atoms with Crippen LogP contribution in [0.25, 0.3) is 0 Å². The summed E-state index contributed by atoms with van der Waals surface area (Å²) in [5.41, 5.74) is -0.273. The van der Waals surface area contributed by atoms with E-state index in [1.807, 2.05) is 0 Å². The Labute approximate surface area is 166 Å². The van der Waals surface area contributed by atoms with E-state index in [0.29, 0.717) is 5.56 Å². The second-order valence-corrected chi connectivity index (χ2v) is 6.39. The minimum Gasteiger partial charge on any atom is -0.394 e. The third-order valence-corrected chi connectivity index (χ3v) is 4.47. The fourth-order valence-corrected chi connectivity index (χ4v) is 2.99. The molecule has 0 saturated carbocycles. The molecule has 1 saturated heterocycles. The van der Waals surface area contributed by atoms with Gasteiger partial charge in [-0.25, -0.2) is 4.79 Å². The van der Waals surface area contributed by atoms with Crippen molar-refractivity contribution >= 4 is 11.7 Å². The second-order valence-electron chi connectivity index (χ2n) is 6.39. The van der Waals surface area contributed by atoms with Crippen molar-refractivity contribution < 1.29 is 29.2 Å². The SMILES string of the molecule is COCCO[C@@H]1[C@H](O)[C@@H](CO)O[C@H]1n1ccc(NC(=O)c2ccccc2)nc1=O. The molecule has 0 radical (unpaired) electrons. The summed E-state index contributed by atoms with van der Waals surface area (Å²) in [5.74, 6) is -0.321. The smallest absolute Gasteiger partial charge is 0.351 e. The monoisotopic (exact) mass is 405 g/mol. The predicted octanol–water partition coefficient (Wildman–Crippen LogP) is -0.222. The number of aliphatic hydroxyl groups excluding tert-OH is 2. The van der Waals surface area contributed by atoms with Crippen molar-refractivity contribution in [2.75, 3.05) is 32.2 Å². The number of aromatic nitrogens is 2. The third-order valence-electron chi connectivity index (χ3n) is 4.47. The van der Waals surface area contributed by atoms with Crippen LogP contribution in [0.1, 0.15) is 16.6 Å². The standard InChI is InChI=1S/C19H23N3O7/c1-27-9-10-28-16-15(24)13(11-23)29-18(16)22-8-7-14(21-19(22)26)20-17(25)12-5-3-2-4-6-12/h2-8,13,15-16,18,23-24H,9-11H2,1H3,(H,20,21,25,26)/t13-,15-,16-,18-/m1/s1. The molecule has 1 aliphatic heterocycles. The molecule has 0 spiro atoms. The molecule has 2 aromatic rings. The van der Waals surface area contributed by atoms with E-state index in [1.165, 1.54) is 19.4 Å². The maximum absolute atomic E-state index is 12.5. The summed E-state index contributed by atoms with van der Waals surface area (Å²) in [5, 5.41) is 22.3. The van der Waals surface area contributed by atoms with E-state index in [0.717, 1.165) is 4.57 Å². The molecule has 3 N–H and O–H groups in total. The number of methoxy groups -OCH3 is 1. The first-order valence-corrected chi connectivity index (χ1v) is 9.05. The van der Waals surface area contributed by atoms with E-state index in [4.69, 9.17) is 14.2 Å². The van der Waals surface area contributed by atoms with Crippen LogP contribution in [-0.4, -0.2) is 70.9 Å². The molecule has 0 aliphatic carbocycles. The van der Waals surface area contributed by atoms with Gasteiger partial charge in [0.15, 0.2) is 6.23 Å². The van der Waals surface area contributed by atoms with Crippen LogP contribution in [0.5, 0.6) is 0 Å². The van der Waals surface area contributed by atoms with E-state index in [2.05, 4.69) is 10.3 Å². The lowest BCUT2D eigenvalue weighted by Gasteiger charge is -2.22. The van der Waals surface area contributed by atoms with E-state index in [1.54, 1.807) is 30.3 Å². The Balaban J connectivity index is 1.77. The average molecular weight is 405 g/mol. The first kappa shape index (κ1) is 21.1. The lowest BCUT2D eigenvalue weighted by atomic mass is 10.1. The van der Waals surface area contributed by atoms with Gasteiger partial charge in [-0.2, -0.15) is 4.98 Å². The van der Waals surface area contributed by atoms with Crippen molar-refractivity contribution in [2.45, 2.75) is 24.5 Å². The average Bonchev–Trinajstić information content (AvgIpc) is 3.04. The Morgan fingerprint density at radius 1 is 1.28 bits per heavy atom. The van der Waals surface area contributed by atoms with Gasteiger partial charge in [-0.05, 0) is 18.2 Å². The normalized spacial score (nSPS) is 23.8. The lowest BCUT2D eigenvalue weighted by molar-refractivity contribution is -0.0818. The molecule has 2 heterocycles. The highest BCUT2D eigenvalue weighted by Crippen LogP contribution is 2.30. The van der Waals surface area contributed by atoms with E-state index >= 15 is 0 Å². The second kappa shape index (κ2) is 9.72. The third kappa shape index (κ3) is 4.86. The quantitative estimate of drug-likeness (QED) is 0.514. The first-order valence-electron chi connectivity index (χ1n) is 9.05. The van der Waals surface area contributed by atoms with E-state index in [9.17, 15) is 19.8 Å². The van der Waals surface area contributed by atoms with Gasteiger partial charge in [0.25, 0.3) is 5.91 Å². The van der Waals surface area contributed by atoms with Crippen LogP contribution in [0.3, 0.4) is 0 Å². The van der Waals surface area contributed by atoms with Crippen molar-refractivity contribution in [2.24, 2.45) is 0 Å². The van der Waals surface area contributed by atoms with Crippen LogP contribution in [0.2, 0.25) is 0 Å². The summed E-state index contributed by atoms with van der Waals surface area (Å²) in [4.78, 5) is 28.6. The minimum absolute atomic E-state index is 0.0780. The number of carbonyl (C=O) groups is 1. The predicted molar refractivity (Wildman–Crippen MR) is 102 cm³/mol. The van der Waals surface area contributed by atoms with Gasteiger partial charge >= 0.3 is 5.69 Å². The number of aliphatic hydroxyl groups is 2. The molecule has 1 aromatic carbocycles. The van der Waals surface area contributed by atoms with Crippen molar-refractivity contribution in [1.82, 2.24) is 9.55 Å². The van der Waals surface area contributed by atoms with E-state index < -0.39 is 42.7 Å². The molecule has 10 nitrogen and oxygen atoms in total. The number of anilines is 1. The number of carbonyl (C=O) groups excluding carboxylic acids is 1. The highest BCUT2D eigenvalue weighted by molar-refractivity contribution is 6.03. The molecule has 29 heavy (non-hydrogen) atoms. The lowest BCUT2D eigenvalue weighted by Crippen LogP contribution is -2.38. The summed E-state index contributed by atoms with van der Waals surface area (Å²) in [6.45, 7) is 0.0240. The number of hydrogen-bond acceptors (Lipinski definition) is 8. The van der Waals surface area contributed by atoms with E-state index in [-0.39, 0.29) is 19.0 Å². The molecule has 3 rings (SSSR count). The zero-order chi connectivity index (χ0) is 20.8. The van der Waals surface area contributed by atoms with Gasteiger partial charge < -0.3 is 29.7 Å². The van der Waals surface area contributed by atoms with Crippen LogP contribution in [-0.2, 0) is 14.2 Å². The Morgan fingerprint density at radius 3 is 2.69 bits per heavy atom. The topological polar surface area (TPSA) is 132 Å². The van der Waals surface area contributed by atoms with Crippen molar-refractivity contribution in [3.63, 3.8) is 0 Å². The van der Waals surface area contributed by atoms with Gasteiger partial charge in [0.2, 0.25) is 0 Å². The van der Waals surface area contributed by atoms with Gasteiger partial charge in [0.1, 0.15) is 24.1 Å². The summed E-state index contributed by atoms with van der Waals surface area (Å²) in [6.07, 6.45) is -2.53. The van der Waals surface area contributed by atoms with Gasteiger partial charge in [0, 0.05) is 18.9 Å². The molecule has 1 aromatic heterocycles. The first-order chi connectivity index (χ1) is 14.0. The Morgan fingerprint density at radius 2 is 2.03 bits per heavy atom. The Kier molecular flexibility index (Phi) is 7.07.